The molecule has 0 aliphatic carbocycles. The van der Waals surface area contributed by atoms with E-state index in [-0.39, 0.29) is 0 Å². The molecule has 0 spiro atoms. The number of hydrogen-bond acceptors (Lipinski definition) is 1. The highest BCUT2D eigenvalue weighted by Gasteiger charge is 1.74. The van der Waals surface area contributed by atoms with E-state index < -0.39 is 0 Å². The Morgan fingerprint density at radius 2 is 1.36 bits per heavy atom. The van der Waals surface area contributed by atoms with Crippen LogP contribution in [0.1, 0.15) is 13.8 Å². The normalized spacial score (nSPS) is 6.55. The fraction of sp³-hybridized carbons (Fsp3) is 0.250. The van der Waals surface area contributed by atoms with Crippen molar-refractivity contribution in [3.8, 4) is 5.75 Å². The van der Waals surface area contributed by atoms with Crippen molar-refractivity contribution in [3.05, 3.63) is 30.3 Å². The summed E-state index contributed by atoms with van der Waals surface area (Å²) in [4.78, 5) is 0. The van der Waals surface area contributed by atoms with E-state index in [0.717, 1.165) is 0 Å². The molecule has 0 saturated heterocycles. The van der Waals surface area contributed by atoms with E-state index in [4.69, 9.17) is 5.11 Å². The molecule has 0 atom stereocenters. The molecule has 0 bridgehead atoms. The van der Waals surface area contributed by atoms with Crippen molar-refractivity contribution in [2.45, 2.75) is 13.8 Å². The van der Waals surface area contributed by atoms with Gasteiger partial charge < -0.3 is 5.11 Å². The Bertz CT molecular complexity index is 142. The molecular weight excluding hydrogens is 366 g/mol. The van der Waals surface area contributed by atoms with Gasteiger partial charge in [0, 0.05) is 37.2 Å². The summed E-state index contributed by atoms with van der Waals surface area (Å²) < 4.78 is 0. The van der Waals surface area contributed by atoms with Crippen molar-refractivity contribution in [1.82, 2.24) is 0 Å². The van der Waals surface area contributed by atoms with Crippen LogP contribution in [0.4, 0.5) is 0 Å². The van der Waals surface area contributed by atoms with E-state index in [1.54, 1.807) is 24.3 Å². The Morgan fingerprint density at radius 1 is 1.00 bits per heavy atom. The number of phenols is 1. The first-order valence-corrected chi connectivity index (χ1v) is 9.56. The van der Waals surface area contributed by atoms with E-state index in [0.29, 0.717) is 5.75 Å². The zero-order valence-electron chi connectivity index (χ0n) is 6.59. The van der Waals surface area contributed by atoms with E-state index in [2.05, 4.69) is 37.2 Å². The number of phenolic OH excluding ortho intramolecular Hbond substituents is 1. The minimum Gasteiger partial charge on any atom is -0.508 e. The second-order valence-electron chi connectivity index (χ2n) is 1.34. The van der Waals surface area contributed by atoms with Gasteiger partial charge in [-0.3, -0.25) is 0 Å². The van der Waals surface area contributed by atoms with Crippen LogP contribution in [0.15, 0.2) is 30.3 Å². The summed E-state index contributed by atoms with van der Waals surface area (Å²) in [6, 6.07) is 8.71. The molecular formula is C8H12I2O. The van der Waals surface area contributed by atoms with Crippen molar-refractivity contribution >= 4 is 37.2 Å². The van der Waals surface area contributed by atoms with Crippen molar-refractivity contribution in [3.63, 3.8) is 0 Å². The van der Waals surface area contributed by atoms with Gasteiger partial charge in [-0.1, -0.05) is 32.0 Å². The van der Waals surface area contributed by atoms with Crippen molar-refractivity contribution in [2.75, 3.05) is 0 Å². The number of hydrogen-bond donors (Lipinski definition) is 1. The summed E-state index contributed by atoms with van der Waals surface area (Å²) in [7, 11) is 0. The second-order valence-corrected chi connectivity index (χ2v) is 1.34. The lowest BCUT2D eigenvalue weighted by Crippen LogP contribution is -1.56. The Hall–Kier alpha value is 0.480. The predicted octanol–water partition coefficient (Wildman–Crippen LogP) is 4.19. The van der Waals surface area contributed by atoms with Crippen LogP contribution >= 0.6 is 37.2 Å². The Balaban J connectivity index is 0. The number of halogens is 2. The molecule has 0 aliphatic rings. The SMILES string of the molecule is CC.II.Oc1ccccc1. The second kappa shape index (κ2) is 13.1. The first-order chi connectivity index (χ1) is 5.39. The van der Waals surface area contributed by atoms with Crippen LogP contribution in [0, 0.1) is 0 Å². The summed E-state index contributed by atoms with van der Waals surface area (Å²) in [6.45, 7) is 4.00. The zero-order valence-corrected chi connectivity index (χ0v) is 10.9. The number of benzene rings is 1. The summed E-state index contributed by atoms with van der Waals surface area (Å²) in [5.41, 5.74) is 0. The molecule has 11 heavy (non-hydrogen) atoms. The molecule has 3 heteroatoms. The summed E-state index contributed by atoms with van der Waals surface area (Å²) >= 11 is 4.24. The molecule has 0 unspecified atom stereocenters. The summed E-state index contributed by atoms with van der Waals surface area (Å²) in [6.07, 6.45) is 0. The van der Waals surface area contributed by atoms with E-state index >= 15 is 0 Å². The van der Waals surface area contributed by atoms with Crippen LogP contribution in [-0.2, 0) is 0 Å². The Kier molecular flexibility index (Phi) is 16.7. The molecule has 0 radical (unpaired) electrons. The molecule has 1 aromatic rings. The van der Waals surface area contributed by atoms with Gasteiger partial charge in [0.2, 0.25) is 0 Å². The first kappa shape index (κ1) is 14.0. The molecule has 1 rings (SSSR count). The van der Waals surface area contributed by atoms with Crippen LogP contribution in [0.5, 0.6) is 5.75 Å². The maximum Gasteiger partial charge on any atom is 0.115 e. The number of para-hydroxylation sites is 1. The van der Waals surface area contributed by atoms with Crippen molar-refractivity contribution in [1.29, 1.82) is 0 Å². The zero-order chi connectivity index (χ0) is 9.11. The number of aromatic hydroxyl groups is 1. The molecule has 0 amide bonds. The molecule has 1 nitrogen and oxygen atoms in total. The van der Waals surface area contributed by atoms with Crippen molar-refractivity contribution < 1.29 is 5.11 Å². The van der Waals surface area contributed by atoms with E-state index in [1.165, 1.54) is 0 Å². The van der Waals surface area contributed by atoms with Gasteiger partial charge in [0.05, 0.1) is 0 Å². The van der Waals surface area contributed by atoms with E-state index in [9.17, 15) is 0 Å². The molecule has 0 aliphatic heterocycles. The molecule has 0 fully saturated rings. The predicted molar refractivity (Wildman–Crippen MR) is 67.5 cm³/mol. The fourth-order valence-corrected chi connectivity index (χ4v) is 0.428. The average Bonchev–Trinajstić information content (AvgIpc) is 2.13. The minimum atomic E-state index is 0.322. The molecule has 0 aromatic heterocycles. The lowest BCUT2D eigenvalue weighted by atomic mass is 10.3. The third-order valence-corrected chi connectivity index (χ3v) is 0.756. The van der Waals surface area contributed by atoms with E-state index in [1.807, 2.05) is 19.9 Å². The Morgan fingerprint density at radius 3 is 1.55 bits per heavy atom. The molecule has 0 saturated carbocycles. The van der Waals surface area contributed by atoms with Gasteiger partial charge in [-0.05, 0) is 12.1 Å². The van der Waals surface area contributed by atoms with Crippen LogP contribution in [0.25, 0.3) is 0 Å². The lowest BCUT2D eigenvalue weighted by Gasteiger charge is -1.82. The van der Waals surface area contributed by atoms with Crippen LogP contribution < -0.4 is 0 Å². The minimum absolute atomic E-state index is 0.322. The molecule has 1 N–H and O–H groups in total. The maximum atomic E-state index is 8.63. The average molecular weight is 378 g/mol. The summed E-state index contributed by atoms with van der Waals surface area (Å²) in [5, 5.41) is 8.63. The quantitative estimate of drug-likeness (QED) is 0.672. The van der Waals surface area contributed by atoms with Gasteiger partial charge in [-0.15, -0.1) is 0 Å². The topological polar surface area (TPSA) is 20.2 Å². The fourth-order valence-electron chi connectivity index (χ4n) is 0.428. The van der Waals surface area contributed by atoms with Gasteiger partial charge in [-0.25, -0.2) is 0 Å². The van der Waals surface area contributed by atoms with Crippen LogP contribution in [-0.4, -0.2) is 5.11 Å². The largest absolute Gasteiger partial charge is 0.508 e. The molecule has 0 heterocycles. The van der Waals surface area contributed by atoms with Gasteiger partial charge in [0.15, 0.2) is 0 Å². The van der Waals surface area contributed by atoms with Gasteiger partial charge >= 0.3 is 0 Å². The number of rotatable bonds is 0. The smallest absolute Gasteiger partial charge is 0.115 e. The third kappa shape index (κ3) is 10.5. The van der Waals surface area contributed by atoms with Gasteiger partial charge in [0.25, 0.3) is 0 Å². The standard InChI is InChI=1S/C6H6O.C2H6.I2/c7-6-4-2-1-3-5-6;2*1-2/h1-5,7H;1-2H3;. The Labute approximate surface area is 91.5 Å². The molecule has 1 aromatic carbocycles. The highest BCUT2D eigenvalue weighted by Crippen LogP contribution is 2.02. The summed E-state index contributed by atoms with van der Waals surface area (Å²) in [5.74, 6) is 0.322. The van der Waals surface area contributed by atoms with Gasteiger partial charge in [0.1, 0.15) is 5.75 Å². The maximum absolute atomic E-state index is 8.63. The third-order valence-electron chi connectivity index (χ3n) is 0.756. The monoisotopic (exact) mass is 378 g/mol. The highest BCUT2D eigenvalue weighted by atomic mass is 128. The van der Waals surface area contributed by atoms with Gasteiger partial charge in [-0.2, -0.15) is 0 Å². The van der Waals surface area contributed by atoms with Crippen molar-refractivity contribution in [2.24, 2.45) is 0 Å². The lowest BCUT2D eigenvalue weighted by molar-refractivity contribution is 0.475. The van der Waals surface area contributed by atoms with Crippen LogP contribution in [0.2, 0.25) is 0 Å². The first-order valence-electron chi connectivity index (χ1n) is 3.28. The highest BCUT2D eigenvalue weighted by molar-refractivity contribution is 15.0. The molecule has 64 valence electrons. The van der Waals surface area contributed by atoms with Crippen LogP contribution in [0.3, 0.4) is 0 Å².